The van der Waals surface area contributed by atoms with Gasteiger partial charge in [-0.15, -0.1) is 0 Å². The zero-order valence-electron chi connectivity index (χ0n) is 13.2. The summed E-state index contributed by atoms with van der Waals surface area (Å²) in [4.78, 5) is 24.0. The minimum Gasteiger partial charge on any atom is -0.495 e. The third kappa shape index (κ3) is 4.55. The molecule has 0 aliphatic heterocycles. The first-order valence-corrected chi connectivity index (χ1v) is 7.87. The van der Waals surface area contributed by atoms with E-state index in [2.05, 4.69) is 26.6 Å². The van der Waals surface area contributed by atoms with Crippen molar-refractivity contribution < 1.29 is 18.7 Å². The summed E-state index contributed by atoms with van der Waals surface area (Å²) in [5.41, 5.74) is 1.32. The molecule has 0 saturated carbocycles. The van der Waals surface area contributed by atoms with Crippen LogP contribution in [0.5, 0.6) is 5.75 Å². The lowest BCUT2D eigenvalue weighted by atomic mass is 10.2. The van der Waals surface area contributed by atoms with Crippen molar-refractivity contribution in [3.8, 4) is 5.75 Å². The number of amides is 2. The van der Waals surface area contributed by atoms with Gasteiger partial charge in [0.2, 0.25) is 5.91 Å². The molecule has 5 nitrogen and oxygen atoms in total. The van der Waals surface area contributed by atoms with E-state index in [9.17, 15) is 14.0 Å². The predicted octanol–water partition coefficient (Wildman–Crippen LogP) is 3.27. The predicted molar refractivity (Wildman–Crippen MR) is 92.8 cm³/mol. The van der Waals surface area contributed by atoms with Crippen molar-refractivity contribution >= 4 is 33.4 Å². The third-order valence-electron chi connectivity index (χ3n) is 3.21. The molecule has 0 aliphatic carbocycles. The number of carbonyl (C=O) groups excluding carboxylic acids is 2. The molecule has 0 atom stereocenters. The highest BCUT2D eigenvalue weighted by Crippen LogP contribution is 2.25. The van der Waals surface area contributed by atoms with Crippen LogP contribution < -0.4 is 15.4 Å². The largest absolute Gasteiger partial charge is 0.495 e. The summed E-state index contributed by atoms with van der Waals surface area (Å²) in [5, 5.41) is 5.04. The highest BCUT2D eigenvalue weighted by atomic mass is 79.9. The van der Waals surface area contributed by atoms with Crippen LogP contribution in [-0.2, 0) is 4.79 Å². The molecular formula is C17H16BrFN2O3. The molecule has 0 aliphatic rings. The Hall–Kier alpha value is -2.41. The van der Waals surface area contributed by atoms with Crippen LogP contribution in [0.4, 0.5) is 10.1 Å². The SMILES string of the molecule is COc1ccc(C)cc1NC(=O)CNC(=O)c1cc(Br)ccc1F. The van der Waals surface area contributed by atoms with E-state index in [4.69, 9.17) is 4.74 Å². The third-order valence-corrected chi connectivity index (χ3v) is 3.70. The number of benzene rings is 2. The second kappa shape index (κ2) is 7.92. The van der Waals surface area contributed by atoms with Gasteiger partial charge in [0.1, 0.15) is 11.6 Å². The smallest absolute Gasteiger partial charge is 0.254 e. The maximum atomic E-state index is 13.6. The van der Waals surface area contributed by atoms with Crippen LogP contribution in [-0.4, -0.2) is 25.5 Å². The van der Waals surface area contributed by atoms with Crippen molar-refractivity contribution in [3.05, 3.63) is 57.8 Å². The van der Waals surface area contributed by atoms with Crippen LogP contribution in [0.1, 0.15) is 15.9 Å². The minimum atomic E-state index is -0.667. The van der Waals surface area contributed by atoms with Gasteiger partial charge in [-0.3, -0.25) is 9.59 Å². The van der Waals surface area contributed by atoms with Gasteiger partial charge in [-0.1, -0.05) is 22.0 Å². The Labute approximate surface area is 147 Å². The molecule has 0 bridgehead atoms. The summed E-state index contributed by atoms with van der Waals surface area (Å²) in [6.07, 6.45) is 0. The lowest BCUT2D eigenvalue weighted by molar-refractivity contribution is -0.115. The quantitative estimate of drug-likeness (QED) is 0.817. The molecule has 2 rings (SSSR count). The van der Waals surface area contributed by atoms with Gasteiger partial charge >= 0.3 is 0 Å². The first-order chi connectivity index (χ1) is 11.4. The Morgan fingerprint density at radius 1 is 1.21 bits per heavy atom. The van der Waals surface area contributed by atoms with Gasteiger partial charge in [0.05, 0.1) is 24.9 Å². The molecule has 2 aromatic rings. The summed E-state index contributed by atoms with van der Waals surface area (Å²) < 4.78 is 19.4. The molecule has 2 N–H and O–H groups in total. The van der Waals surface area contributed by atoms with Crippen molar-refractivity contribution in [2.24, 2.45) is 0 Å². The van der Waals surface area contributed by atoms with Crippen molar-refractivity contribution in [1.82, 2.24) is 5.32 Å². The van der Waals surface area contributed by atoms with E-state index in [1.807, 2.05) is 13.0 Å². The first-order valence-electron chi connectivity index (χ1n) is 7.08. The molecule has 24 heavy (non-hydrogen) atoms. The van der Waals surface area contributed by atoms with E-state index in [0.717, 1.165) is 5.56 Å². The molecular weight excluding hydrogens is 379 g/mol. The van der Waals surface area contributed by atoms with Crippen LogP contribution >= 0.6 is 15.9 Å². The van der Waals surface area contributed by atoms with Gasteiger partial charge in [0.25, 0.3) is 5.91 Å². The average molecular weight is 395 g/mol. The van der Waals surface area contributed by atoms with E-state index in [1.54, 1.807) is 12.1 Å². The van der Waals surface area contributed by atoms with E-state index in [1.165, 1.54) is 25.3 Å². The Balaban J connectivity index is 2.00. The molecule has 0 saturated heterocycles. The van der Waals surface area contributed by atoms with Gasteiger partial charge in [-0.25, -0.2) is 4.39 Å². The first kappa shape index (κ1) is 17.9. The number of nitrogens with one attached hydrogen (secondary N) is 2. The van der Waals surface area contributed by atoms with E-state index in [-0.39, 0.29) is 12.1 Å². The van der Waals surface area contributed by atoms with Gasteiger partial charge in [0.15, 0.2) is 0 Å². The monoisotopic (exact) mass is 394 g/mol. The number of aryl methyl sites for hydroxylation is 1. The molecule has 0 unspecified atom stereocenters. The van der Waals surface area contributed by atoms with Gasteiger partial charge in [-0.05, 0) is 42.8 Å². The summed E-state index contributed by atoms with van der Waals surface area (Å²) in [6.45, 7) is 1.59. The zero-order chi connectivity index (χ0) is 17.7. The maximum absolute atomic E-state index is 13.6. The molecule has 0 fully saturated rings. The lowest BCUT2D eigenvalue weighted by Gasteiger charge is -2.11. The van der Waals surface area contributed by atoms with E-state index in [0.29, 0.717) is 15.9 Å². The van der Waals surface area contributed by atoms with E-state index >= 15 is 0 Å². The minimum absolute atomic E-state index is 0.134. The molecule has 7 heteroatoms. The number of hydrogen-bond acceptors (Lipinski definition) is 3. The van der Waals surface area contributed by atoms with Gasteiger partial charge in [0, 0.05) is 4.47 Å². The van der Waals surface area contributed by atoms with Crippen LogP contribution in [0.25, 0.3) is 0 Å². The van der Waals surface area contributed by atoms with Crippen LogP contribution in [0.15, 0.2) is 40.9 Å². The fourth-order valence-corrected chi connectivity index (χ4v) is 2.40. The Kier molecular flexibility index (Phi) is 5.92. The number of hydrogen-bond donors (Lipinski definition) is 2. The zero-order valence-corrected chi connectivity index (χ0v) is 14.7. The summed E-state index contributed by atoms with van der Waals surface area (Å²) in [7, 11) is 1.50. The van der Waals surface area contributed by atoms with Crippen LogP contribution in [0.2, 0.25) is 0 Å². The van der Waals surface area contributed by atoms with Crippen molar-refractivity contribution in [2.75, 3.05) is 19.0 Å². The Morgan fingerprint density at radius 2 is 1.96 bits per heavy atom. The number of carbonyl (C=O) groups is 2. The molecule has 2 amide bonds. The average Bonchev–Trinajstić information content (AvgIpc) is 2.55. The number of anilines is 1. The molecule has 126 valence electrons. The highest BCUT2D eigenvalue weighted by molar-refractivity contribution is 9.10. The molecule has 0 heterocycles. The lowest BCUT2D eigenvalue weighted by Crippen LogP contribution is -2.33. The Morgan fingerprint density at radius 3 is 2.67 bits per heavy atom. The fourth-order valence-electron chi connectivity index (χ4n) is 2.04. The highest BCUT2D eigenvalue weighted by Gasteiger charge is 2.14. The molecule has 0 aromatic heterocycles. The van der Waals surface area contributed by atoms with Crippen LogP contribution in [0, 0.1) is 12.7 Å². The number of halogens is 2. The maximum Gasteiger partial charge on any atom is 0.254 e. The number of methoxy groups -OCH3 is 1. The van der Waals surface area contributed by atoms with Crippen molar-refractivity contribution in [3.63, 3.8) is 0 Å². The fraction of sp³-hybridized carbons (Fsp3) is 0.176. The second-order valence-electron chi connectivity index (χ2n) is 5.06. The van der Waals surface area contributed by atoms with E-state index < -0.39 is 17.6 Å². The summed E-state index contributed by atoms with van der Waals surface area (Å²) >= 11 is 3.17. The topological polar surface area (TPSA) is 67.4 Å². The molecule has 2 aromatic carbocycles. The number of ether oxygens (including phenoxy) is 1. The van der Waals surface area contributed by atoms with Crippen molar-refractivity contribution in [1.29, 1.82) is 0 Å². The Bertz CT molecular complexity index is 780. The van der Waals surface area contributed by atoms with Gasteiger partial charge in [-0.2, -0.15) is 0 Å². The standard InChI is InChI=1S/C17H16BrFN2O3/c1-10-3-6-15(24-2)14(7-10)21-16(22)9-20-17(23)12-8-11(18)4-5-13(12)19/h3-8H,9H2,1-2H3,(H,20,23)(H,21,22). The summed E-state index contributed by atoms with van der Waals surface area (Å²) in [5.74, 6) is -1.25. The molecule has 0 radical (unpaired) electrons. The number of rotatable bonds is 5. The van der Waals surface area contributed by atoms with Crippen LogP contribution in [0.3, 0.4) is 0 Å². The van der Waals surface area contributed by atoms with Gasteiger partial charge < -0.3 is 15.4 Å². The van der Waals surface area contributed by atoms with Crippen molar-refractivity contribution in [2.45, 2.75) is 6.92 Å². The second-order valence-corrected chi connectivity index (χ2v) is 5.97. The molecule has 0 spiro atoms. The normalized spacial score (nSPS) is 10.2. The summed E-state index contributed by atoms with van der Waals surface area (Å²) in [6, 6.07) is 9.37.